The Bertz CT molecular complexity index is 433. The van der Waals surface area contributed by atoms with Crippen LogP contribution in [0.4, 0.5) is 0 Å². The number of halogens is 1. The number of ketones is 1. The van der Waals surface area contributed by atoms with Gasteiger partial charge in [-0.05, 0) is 41.5 Å². The summed E-state index contributed by atoms with van der Waals surface area (Å²) in [4.78, 5) is 25.2. The Morgan fingerprint density at radius 2 is 2.12 bits per heavy atom. The fourth-order valence-corrected chi connectivity index (χ4v) is 3.42. The van der Waals surface area contributed by atoms with E-state index in [-0.39, 0.29) is 11.9 Å². The molecule has 3 nitrogen and oxygen atoms in total. The molecule has 0 bridgehead atoms. The number of hydrogen-bond acceptors (Lipinski definition) is 3. The van der Waals surface area contributed by atoms with Gasteiger partial charge < -0.3 is 4.90 Å². The molecule has 0 aromatic carbocycles. The molecule has 1 aliphatic rings. The predicted octanol–water partition coefficient (Wildman–Crippen LogP) is 2.94. The summed E-state index contributed by atoms with van der Waals surface area (Å²) < 4.78 is 1.12. The number of carbonyl (C=O) groups is 2. The van der Waals surface area contributed by atoms with Gasteiger partial charge in [-0.1, -0.05) is 0 Å². The van der Waals surface area contributed by atoms with Crippen LogP contribution >= 0.6 is 33.9 Å². The first-order valence-corrected chi connectivity index (χ1v) is 7.56. The highest BCUT2D eigenvalue weighted by Crippen LogP contribution is 2.23. The van der Waals surface area contributed by atoms with Crippen LogP contribution in [0.25, 0.3) is 0 Å². The molecule has 17 heavy (non-hydrogen) atoms. The number of Topliss-reactive ketones (excluding diaryl/α,β-unsaturated/α-hetero) is 1. The number of carbonyl (C=O) groups excluding carboxylic acids is 2. The molecule has 0 aliphatic heterocycles. The number of amides is 1. The average Bonchev–Trinajstić information content (AvgIpc) is 2.75. The highest BCUT2D eigenvalue weighted by Gasteiger charge is 2.26. The SMILES string of the molecule is CN(C(=O)c1csc(I)c1)C1CCC(=O)CC1. The van der Waals surface area contributed by atoms with Crippen LogP contribution in [0.2, 0.25) is 0 Å². The fourth-order valence-electron chi connectivity index (χ4n) is 2.10. The van der Waals surface area contributed by atoms with Crippen molar-refractivity contribution in [2.75, 3.05) is 7.05 Å². The summed E-state index contributed by atoms with van der Waals surface area (Å²) in [7, 11) is 1.84. The van der Waals surface area contributed by atoms with E-state index in [1.807, 2.05) is 18.5 Å². The van der Waals surface area contributed by atoms with Crippen LogP contribution in [0.1, 0.15) is 36.0 Å². The van der Waals surface area contributed by atoms with Crippen molar-refractivity contribution in [3.8, 4) is 0 Å². The van der Waals surface area contributed by atoms with Crippen molar-refractivity contribution in [1.29, 1.82) is 0 Å². The molecule has 0 atom stereocenters. The second-order valence-electron chi connectivity index (χ2n) is 4.33. The fraction of sp³-hybridized carbons (Fsp3) is 0.500. The Hall–Kier alpha value is -0.430. The molecule has 0 radical (unpaired) electrons. The summed E-state index contributed by atoms with van der Waals surface area (Å²) in [6.45, 7) is 0. The van der Waals surface area contributed by atoms with Crippen LogP contribution in [0.3, 0.4) is 0 Å². The van der Waals surface area contributed by atoms with Gasteiger partial charge in [-0.15, -0.1) is 11.3 Å². The average molecular weight is 363 g/mol. The van der Waals surface area contributed by atoms with Crippen molar-refractivity contribution in [1.82, 2.24) is 4.90 Å². The lowest BCUT2D eigenvalue weighted by atomic mass is 9.93. The molecule has 2 rings (SSSR count). The molecule has 1 aromatic heterocycles. The Balaban J connectivity index is 2.02. The Morgan fingerprint density at radius 3 is 2.65 bits per heavy atom. The third kappa shape index (κ3) is 3.07. The quantitative estimate of drug-likeness (QED) is 0.758. The topological polar surface area (TPSA) is 37.4 Å². The molecule has 0 unspecified atom stereocenters. The van der Waals surface area contributed by atoms with Crippen molar-refractivity contribution < 1.29 is 9.59 Å². The summed E-state index contributed by atoms with van der Waals surface area (Å²) in [5.74, 6) is 0.399. The normalized spacial score (nSPS) is 17.2. The Morgan fingerprint density at radius 1 is 1.47 bits per heavy atom. The molecule has 0 saturated heterocycles. The minimum atomic E-state index is 0.0727. The van der Waals surface area contributed by atoms with Gasteiger partial charge in [0.15, 0.2) is 0 Å². The van der Waals surface area contributed by atoms with Gasteiger partial charge in [0, 0.05) is 31.3 Å². The van der Waals surface area contributed by atoms with Gasteiger partial charge in [-0.2, -0.15) is 0 Å². The van der Waals surface area contributed by atoms with Crippen LogP contribution in [-0.2, 0) is 4.79 Å². The van der Waals surface area contributed by atoms with E-state index in [1.165, 1.54) is 0 Å². The molecule has 1 heterocycles. The standard InChI is InChI=1S/C12H14INO2S/c1-14(9-2-4-10(15)5-3-9)12(16)8-6-11(13)17-7-8/h6-7,9H,2-5H2,1H3. The smallest absolute Gasteiger partial charge is 0.254 e. The molecular formula is C12H14INO2S. The van der Waals surface area contributed by atoms with Crippen molar-refractivity contribution in [2.24, 2.45) is 0 Å². The molecule has 0 N–H and O–H groups in total. The summed E-state index contributed by atoms with van der Waals surface area (Å²) in [5.41, 5.74) is 0.763. The molecule has 5 heteroatoms. The van der Waals surface area contributed by atoms with Crippen molar-refractivity contribution >= 4 is 45.6 Å². The van der Waals surface area contributed by atoms with E-state index in [4.69, 9.17) is 0 Å². The van der Waals surface area contributed by atoms with Crippen molar-refractivity contribution in [2.45, 2.75) is 31.7 Å². The predicted molar refractivity (Wildman–Crippen MR) is 76.4 cm³/mol. The van der Waals surface area contributed by atoms with E-state index in [0.717, 1.165) is 21.3 Å². The summed E-state index contributed by atoms with van der Waals surface area (Å²) in [6, 6.07) is 2.13. The maximum absolute atomic E-state index is 12.2. The number of rotatable bonds is 2. The lowest BCUT2D eigenvalue weighted by Gasteiger charge is -2.30. The number of thiophene rings is 1. The first-order valence-electron chi connectivity index (χ1n) is 5.61. The van der Waals surface area contributed by atoms with Crippen LogP contribution in [0.5, 0.6) is 0 Å². The molecule has 0 spiro atoms. The molecular weight excluding hydrogens is 349 g/mol. The first-order chi connectivity index (χ1) is 8.08. The minimum Gasteiger partial charge on any atom is -0.339 e. The third-order valence-corrected chi connectivity index (χ3v) is 4.98. The largest absolute Gasteiger partial charge is 0.339 e. The number of hydrogen-bond donors (Lipinski definition) is 0. The van der Waals surface area contributed by atoms with Gasteiger partial charge in [-0.3, -0.25) is 9.59 Å². The van der Waals surface area contributed by atoms with E-state index in [0.29, 0.717) is 18.6 Å². The van der Waals surface area contributed by atoms with E-state index >= 15 is 0 Å². The summed E-state index contributed by atoms with van der Waals surface area (Å²) >= 11 is 3.80. The highest BCUT2D eigenvalue weighted by molar-refractivity contribution is 14.1. The van der Waals surface area contributed by atoms with Crippen molar-refractivity contribution in [3.63, 3.8) is 0 Å². The van der Waals surface area contributed by atoms with Gasteiger partial charge >= 0.3 is 0 Å². The molecule has 1 saturated carbocycles. The maximum atomic E-state index is 12.2. The van der Waals surface area contributed by atoms with Gasteiger partial charge in [0.25, 0.3) is 5.91 Å². The van der Waals surface area contributed by atoms with E-state index in [2.05, 4.69) is 22.6 Å². The Labute approximate surface area is 118 Å². The zero-order chi connectivity index (χ0) is 12.4. The van der Waals surface area contributed by atoms with E-state index < -0.39 is 0 Å². The lowest BCUT2D eigenvalue weighted by molar-refractivity contribution is -0.121. The molecule has 1 amide bonds. The molecule has 1 fully saturated rings. The zero-order valence-corrected chi connectivity index (χ0v) is 12.6. The van der Waals surface area contributed by atoms with Gasteiger partial charge in [0.1, 0.15) is 5.78 Å². The second-order valence-corrected chi connectivity index (χ2v) is 7.13. The zero-order valence-electron chi connectivity index (χ0n) is 9.61. The van der Waals surface area contributed by atoms with Crippen molar-refractivity contribution in [3.05, 3.63) is 19.9 Å². The Kier molecular flexibility index (Phi) is 4.19. The van der Waals surface area contributed by atoms with Crippen LogP contribution in [0.15, 0.2) is 11.4 Å². The van der Waals surface area contributed by atoms with Crippen LogP contribution in [0, 0.1) is 2.88 Å². The summed E-state index contributed by atoms with van der Waals surface area (Å²) in [6.07, 6.45) is 2.84. The summed E-state index contributed by atoms with van der Waals surface area (Å²) in [5, 5.41) is 1.90. The number of nitrogens with zero attached hydrogens (tertiary/aromatic N) is 1. The molecule has 92 valence electrons. The van der Waals surface area contributed by atoms with Gasteiger partial charge in [-0.25, -0.2) is 0 Å². The van der Waals surface area contributed by atoms with E-state index in [1.54, 1.807) is 16.2 Å². The van der Waals surface area contributed by atoms with Gasteiger partial charge in [0.05, 0.1) is 8.45 Å². The van der Waals surface area contributed by atoms with Gasteiger partial charge in [0.2, 0.25) is 0 Å². The lowest BCUT2D eigenvalue weighted by Crippen LogP contribution is -2.39. The second kappa shape index (κ2) is 5.48. The monoisotopic (exact) mass is 363 g/mol. The highest BCUT2D eigenvalue weighted by atomic mass is 127. The van der Waals surface area contributed by atoms with Crippen LogP contribution in [-0.4, -0.2) is 29.7 Å². The molecule has 1 aromatic rings. The van der Waals surface area contributed by atoms with E-state index in [9.17, 15) is 9.59 Å². The van der Waals surface area contributed by atoms with Crippen LogP contribution < -0.4 is 0 Å². The first kappa shape index (κ1) is 13.0. The molecule has 1 aliphatic carbocycles. The minimum absolute atomic E-state index is 0.0727. The third-order valence-electron chi connectivity index (χ3n) is 3.20. The maximum Gasteiger partial charge on any atom is 0.254 e.